The van der Waals surface area contributed by atoms with Gasteiger partial charge in [0.05, 0.1) is 14.2 Å². The van der Waals surface area contributed by atoms with E-state index < -0.39 is 0 Å². The summed E-state index contributed by atoms with van der Waals surface area (Å²) in [6, 6.07) is 21.2. The Balaban J connectivity index is 1.45. The Morgan fingerprint density at radius 2 is 1.39 bits per heavy atom. The lowest BCUT2D eigenvalue weighted by molar-refractivity contribution is 0.220. The number of ether oxygens (including phenoxy) is 4. The van der Waals surface area contributed by atoms with Gasteiger partial charge in [-0.1, -0.05) is 24.3 Å². The summed E-state index contributed by atoms with van der Waals surface area (Å²) in [5.74, 6) is 3.76. The average molecular weight is 593 g/mol. The predicted molar refractivity (Wildman–Crippen MR) is 171 cm³/mol. The summed E-state index contributed by atoms with van der Waals surface area (Å²) < 4.78 is 24.8. The standard InChI is InChI=1S/C37H40N2O5/c1-22-6-7-24-17-30-35-26(13-15-39(30)3)20-34(42-5)36(40)37(35)44-33-21-28-25(19-32(33)41-4)12-14-38(2)29(28)16-23-8-10-27(11-9-23)43-31(22)18-24/h6-11,18-21,29-30,40H,12-17H2,1-5H3/t29-,30-/m0/s1. The van der Waals surface area contributed by atoms with Crippen molar-refractivity contribution < 1.29 is 24.1 Å². The Kier molecular flexibility index (Phi) is 7.39. The van der Waals surface area contributed by atoms with E-state index in [4.69, 9.17) is 18.9 Å². The Labute approximate surface area is 259 Å². The van der Waals surface area contributed by atoms with E-state index in [2.05, 4.69) is 85.4 Å². The predicted octanol–water partition coefficient (Wildman–Crippen LogP) is 7.16. The first kappa shape index (κ1) is 28.6. The summed E-state index contributed by atoms with van der Waals surface area (Å²) in [6.45, 7) is 3.91. The molecule has 0 unspecified atom stereocenters. The average Bonchev–Trinajstić information content (AvgIpc) is 3.03. The minimum Gasteiger partial charge on any atom is -0.502 e. The van der Waals surface area contributed by atoms with Crippen LogP contribution >= 0.6 is 0 Å². The monoisotopic (exact) mass is 592 g/mol. The molecule has 0 aliphatic carbocycles. The zero-order chi connectivity index (χ0) is 30.5. The molecule has 4 aromatic carbocycles. The Morgan fingerprint density at radius 1 is 0.727 bits per heavy atom. The highest BCUT2D eigenvalue weighted by molar-refractivity contribution is 5.63. The summed E-state index contributed by atoms with van der Waals surface area (Å²) in [5.41, 5.74) is 8.03. The first-order valence-corrected chi connectivity index (χ1v) is 15.4. The van der Waals surface area contributed by atoms with Crippen molar-refractivity contribution in [1.29, 1.82) is 0 Å². The molecule has 0 spiro atoms. The number of hydrogen-bond donors (Lipinski definition) is 1. The highest BCUT2D eigenvalue weighted by atomic mass is 16.5. The van der Waals surface area contributed by atoms with Gasteiger partial charge >= 0.3 is 0 Å². The topological polar surface area (TPSA) is 63.6 Å². The van der Waals surface area contributed by atoms with Crippen molar-refractivity contribution in [2.45, 2.75) is 44.7 Å². The van der Waals surface area contributed by atoms with E-state index in [1.807, 2.05) is 6.07 Å². The zero-order valence-electron chi connectivity index (χ0n) is 26.1. The van der Waals surface area contributed by atoms with Gasteiger partial charge in [0.15, 0.2) is 23.0 Å². The normalized spacial score (nSPS) is 19.7. The largest absolute Gasteiger partial charge is 0.502 e. The van der Waals surface area contributed by atoms with Crippen LogP contribution in [0.2, 0.25) is 0 Å². The zero-order valence-corrected chi connectivity index (χ0v) is 26.1. The molecule has 0 aromatic heterocycles. The Morgan fingerprint density at radius 3 is 2.14 bits per heavy atom. The molecule has 0 saturated carbocycles. The van der Waals surface area contributed by atoms with Crippen LogP contribution in [-0.2, 0) is 25.7 Å². The van der Waals surface area contributed by atoms with Crippen LogP contribution in [0.5, 0.6) is 40.2 Å². The number of benzene rings is 4. The maximum Gasteiger partial charge on any atom is 0.201 e. The molecule has 1 N–H and O–H groups in total. The van der Waals surface area contributed by atoms with Crippen LogP contribution < -0.4 is 18.9 Å². The smallest absolute Gasteiger partial charge is 0.201 e. The molecule has 8 rings (SSSR count). The second-order valence-corrected chi connectivity index (χ2v) is 12.4. The maximum absolute atomic E-state index is 11.6. The van der Waals surface area contributed by atoms with E-state index >= 15 is 0 Å². The van der Waals surface area contributed by atoms with Crippen molar-refractivity contribution in [3.05, 3.63) is 99.6 Å². The lowest BCUT2D eigenvalue weighted by Gasteiger charge is -2.37. The fourth-order valence-corrected chi connectivity index (χ4v) is 7.05. The fourth-order valence-electron chi connectivity index (χ4n) is 7.05. The Hall–Kier alpha value is -4.20. The number of nitrogens with zero attached hydrogens (tertiary/aromatic N) is 2. The summed E-state index contributed by atoms with van der Waals surface area (Å²) in [7, 11) is 7.58. The fraction of sp³-hybridized carbons (Fsp3) is 0.351. The molecule has 44 heavy (non-hydrogen) atoms. The van der Waals surface area contributed by atoms with Crippen LogP contribution in [-0.4, -0.2) is 56.3 Å². The number of hydrogen-bond acceptors (Lipinski definition) is 7. The van der Waals surface area contributed by atoms with Crippen molar-refractivity contribution in [3.63, 3.8) is 0 Å². The second kappa shape index (κ2) is 11.4. The van der Waals surface area contributed by atoms with Gasteiger partial charge in [0.25, 0.3) is 0 Å². The molecule has 6 bridgehead atoms. The van der Waals surface area contributed by atoms with Gasteiger partial charge in [-0.05, 0) is 116 Å². The van der Waals surface area contributed by atoms with Crippen LogP contribution in [0.1, 0.15) is 51.0 Å². The van der Waals surface area contributed by atoms with Crippen LogP contribution in [0.15, 0.2) is 60.7 Å². The molecule has 7 heteroatoms. The second-order valence-electron chi connectivity index (χ2n) is 12.4. The molecule has 2 atom stereocenters. The first-order valence-electron chi connectivity index (χ1n) is 15.4. The molecule has 0 fully saturated rings. The molecule has 0 radical (unpaired) electrons. The van der Waals surface area contributed by atoms with E-state index in [9.17, 15) is 5.11 Å². The van der Waals surface area contributed by atoms with Crippen molar-refractivity contribution in [1.82, 2.24) is 9.80 Å². The van der Waals surface area contributed by atoms with E-state index in [1.54, 1.807) is 14.2 Å². The van der Waals surface area contributed by atoms with E-state index in [-0.39, 0.29) is 17.8 Å². The molecular weight excluding hydrogens is 552 g/mol. The highest BCUT2D eigenvalue weighted by Gasteiger charge is 2.34. The third-order valence-corrected chi connectivity index (χ3v) is 9.69. The van der Waals surface area contributed by atoms with Crippen LogP contribution in [0.25, 0.3) is 0 Å². The molecule has 228 valence electrons. The van der Waals surface area contributed by atoms with E-state index in [1.165, 1.54) is 16.7 Å². The van der Waals surface area contributed by atoms with Gasteiger partial charge < -0.3 is 24.1 Å². The number of phenolic OH excluding ortho intramolecular Hbond substituents is 1. The summed E-state index contributed by atoms with van der Waals surface area (Å²) in [5, 5.41) is 11.6. The molecule has 0 saturated heterocycles. The number of methoxy groups -OCH3 is 2. The van der Waals surface area contributed by atoms with Gasteiger partial charge in [-0.25, -0.2) is 0 Å². The molecule has 7 nitrogen and oxygen atoms in total. The number of fused-ring (bicyclic) bond motifs is 2. The molecule has 0 amide bonds. The summed E-state index contributed by atoms with van der Waals surface area (Å²) in [6.07, 6.45) is 3.31. The molecular formula is C37H40N2O5. The minimum absolute atomic E-state index is 0.00173. The van der Waals surface area contributed by atoms with Crippen molar-refractivity contribution in [3.8, 4) is 40.2 Å². The first-order chi connectivity index (χ1) is 21.3. The van der Waals surface area contributed by atoms with Gasteiger partial charge in [0.2, 0.25) is 5.75 Å². The Bertz CT molecular complexity index is 1720. The molecule has 4 aliphatic heterocycles. The van der Waals surface area contributed by atoms with Crippen molar-refractivity contribution in [2.24, 2.45) is 0 Å². The van der Waals surface area contributed by atoms with Gasteiger partial charge in [0.1, 0.15) is 11.5 Å². The molecule has 4 aliphatic rings. The molecule has 4 aromatic rings. The van der Waals surface area contributed by atoms with Crippen LogP contribution in [0.4, 0.5) is 0 Å². The summed E-state index contributed by atoms with van der Waals surface area (Å²) in [4.78, 5) is 4.75. The number of phenols is 1. The van der Waals surface area contributed by atoms with Crippen molar-refractivity contribution >= 4 is 0 Å². The quantitative estimate of drug-likeness (QED) is 0.265. The van der Waals surface area contributed by atoms with Gasteiger partial charge in [-0.15, -0.1) is 0 Å². The maximum atomic E-state index is 11.6. The number of rotatable bonds is 2. The number of aromatic hydroxyl groups is 1. The van der Waals surface area contributed by atoms with E-state index in [0.717, 1.165) is 72.5 Å². The lowest BCUT2D eigenvalue weighted by Crippen LogP contribution is -2.34. The third-order valence-electron chi connectivity index (χ3n) is 9.69. The lowest BCUT2D eigenvalue weighted by atomic mass is 9.87. The molecule has 4 heterocycles. The van der Waals surface area contributed by atoms with E-state index in [0.29, 0.717) is 23.0 Å². The van der Waals surface area contributed by atoms with Crippen LogP contribution in [0.3, 0.4) is 0 Å². The summed E-state index contributed by atoms with van der Waals surface area (Å²) >= 11 is 0. The number of aryl methyl sites for hydroxylation is 1. The van der Waals surface area contributed by atoms with Crippen molar-refractivity contribution in [2.75, 3.05) is 41.4 Å². The van der Waals surface area contributed by atoms with Crippen LogP contribution in [0, 0.1) is 6.92 Å². The van der Waals surface area contributed by atoms with Gasteiger partial charge in [-0.2, -0.15) is 0 Å². The number of likely N-dealkylation sites (N-methyl/N-ethyl adjacent to an activating group) is 2. The minimum atomic E-state index is -0.0400. The SMILES string of the molecule is COc1cc2c3cc1Oc1c(O)c(OC)cc4c1[C@H](Cc1ccc(C)c(c1)Oc1ccc(cc1)C[C@@H]3N(C)CC2)N(C)CC4. The highest BCUT2D eigenvalue weighted by Crippen LogP contribution is 2.51. The van der Waals surface area contributed by atoms with Gasteiger partial charge in [0, 0.05) is 30.7 Å². The van der Waals surface area contributed by atoms with Gasteiger partial charge in [-0.3, -0.25) is 9.80 Å². The third kappa shape index (κ3) is 5.04.